The van der Waals surface area contributed by atoms with E-state index in [1.807, 2.05) is 0 Å². The Bertz CT molecular complexity index is 321. The number of benzene rings is 1. The summed E-state index contributed by atoms with van der Waals surface area (Å²) in [5.74, 6) is -3.57. The minimum Gasteiger partial charge on any atom is -0.491 e. The fourth-order valence-corrected chi connectivity index (χ4v) is 0.919. The van der Waals surface area contributed by atoms with Gasteiger partial charge in [-0.05, 0) is 12.1 Å². The van der Waals surface area contributed by atoms with E-state index in [-0.39, 0.29) is 12.1 Å². The van der Waals surface area contributed by atoms with Crippen LogP contribution in [-0.4, -0.2) is 7.11 Å². The lowest BCUT2D eigenvalue weighted by molar-refractivity contribution is -0.138. The average Bonchev–Trinajstić information content (AvgIpc) is 2.01. The first-order valence-electron chi connectivity index (χ1n) is 3.46. The molecule has 0 aliphatic carbocycles. The summed E-state index contributed by atoms with van der Waals surface area (Å²) in [6.07, 6.45) is -4.77. The molecule has 0 unspecified atom stereocenters. The van der Waals surface area contributed by atoms with Crippen LogP contribution in [0.1, 0.15) is 5.56 Å². The predicted molar refractivity (Wildman–Crippen MR) is 37.9 cm³/mol. The van der Waals surface area contributed by atoms with E-state index >= 15 is 0 Å². The fraction of sp³-hybridized carbons (Fsp3) is 0.250. The standard InChI is InChI=1S/C8H5F5O/c1-14-7-5(9)2-4(3-6(7)10)8(11,12)13/h2-3H,1H3. The molecule has 1 nitrogen and oxygen atoms in total. The molecule has 6 heteroatoms. The summed E-state index contributed by atoms with van der Waals surface area (Å²) < 4.78 is 65.8. The average molecular weight is 212 g/mol. The Balaban J connectivity index is 3.28. The van der Waals surface area contributed by atoms with Crippen molar-refractivity contribution in [2.24, 2.45) is 0 Å². The third-order valence-corrected chi connectivity index (χ3v) is 1.53. The summed E-state index contributed by atoms with van der Waals surface area (Å²) in [6.45, 7) is 0. The Hall–Kier alpha value is -1.33. The van der Waals surface area contributed by atoms with Gasteiger partial charge in [0.2, 0.25) is 0 Å². The molecule has 0 spiro atoms. The first-order valence-corrected chi connectivity index (χ1v) is 3.46. The van der Waals surface area contributed by atoms with Crippen LogP contribution < -0.4 is 4.74 Å². The van der Waals surface area contributed by atoms with Crippen LogP contribution >= 0.6 is 0 Å². The van der Waals surface area contributed by atoms with Crippen molar-refractivity contribution in [1.29, 1.82) is 0 Å². The van der Waals surface area contributed by atoms with Gasteiger partial charge in [-0.1, -0.05) is 0 Å². The Morgan fingerprint density at radius 3 is 1.79 bits per heavy atom. The number of alkyl halides is 3. The molecule has 1 aromatic carbocycles. The lowest BCUT2D eigenvalue weighted by Crippen LogP contribution is -2.07. The molecular weight excluding hydrogens is 207 g/mol. The van der Waals surface area contributed by atoms with Gasteiger partial charge >= 0.3 is 6.18 Å². The quantitative estimate of drug-likeness (QED) is 0.650. The highest BCUT2D eigenvalue weighted by Gasteiger charge is 2.32. The molecule has 0 fully saturated rings. The van der Waals surface area contributed by atoms with Gasteiger partial charge in [-0.15, -0.1) is 0 Å². The molecule has 1 aromatic rings. The number of hydrogen-bond acceptors (Lipinski definition) is 1. The number of halogens is 5. The fourth-order valence-electron chi connectivity index (χ4n) is 0.919. The molecule has 0 amide bonds. The topological polar surface area (TPSA) is 9.23 Å². The predicted octanol–water partition coefficient (Wildman–Crippen LogP) is 2.99. The summed E-state index contributed by atoms with van der Waals surface area (Å²) in [7, 11) is 0.967. The van der Waals surface area contributed by atoms with Crippen molar-refractivity contribution in [3.63, 3.8) is 0 Å². The van der Waals surface area contributed by atoms with Crippen molar-refractivity contribution < 1.29 is 26.7 Å². The van der Waals surface area contributed by atoms with Crippen LogP contribution in [0.3, 0.4) is 0 Å². The Morgan fingerprint density at radius 1 is 1.07 bits per heavy atom. The molecule has 0 atom stereocenters. The normalized spacial score (nSPS) is 11.6. The van der Waals surface area contributed by atoms with Gasteiger partial charge in [0, 0.05) is 0 Å². The minimum atomic E-state index is -4.77. The van der Waals surface area contributed by atoms with Crippen LogP contribution in [0, 0.1) is 11.6 Å². The van der Waals surface area contributed by atoms with E-state index in [0.717, 1.165) is 7.11 Å². The highest BCUT2D eigenvalue weighted by Crippen LogP contribution is 2.33. The van der Waals surface area contributed by atoms with Gasteiger partial charge in [0.15, 0.2) is 17.4 Å². The molecule has 0 heterocycles. The third-order valence-electron chi connectivity index (χ3n) is 1.53. The molecule has 1 rings (SSSR count). The van der Waals surface area contributed by atoms with E-state index in [1.54, 1.807) is 0 Å². The number of hydrogen-bond donors (Lipinski definition) is 0. The van der Waals surface area contributed by atoms with Crippen molar-refractivity contribution in [2.45, 2.75) is 6.18 Å². The number of methoxy groups -OCH3 is 1. The monoisotopic (exact) mass is 212 g/mol. The van der Waals surface area contributed by atoms with Gasteiger partial charge in [-0.2, -0.15) is 13.2 Å². The van der Waals surface area contributed by atoms with Crippen LogP contribution in [0.25, 0.3) is 0 Å². The van der Waals surface area contributed by atoms with Gasteiger partial charge < -0.3 is 4.74 Å². The van der Waals surface area contributed by atoms with Crippen LogP contribution in [0.5, 0.6) is 5.75 Å². The molecule has 0 N–H and O–H groups in total. The summed E-state index contributed by atoms with van der Waals surface area (Å²) >= 11 is 0. The van der Waals surface area contributed by atoms with Crippen LogP contribution in [0.2, 0.25) is 0 Å². The highest BCUT2D eigenvalue weighted by molar-refractivity contribution is 5.32. The van der Waals surface area contributed by atoms with Crippen LogP contribution in [-0.2, 0) is 6.18 Å². The van der Waals surface area contributed by atoms with Gasteiger partial charge in [0.25, 0.3) is 0 Å². The van der Waals surface area contributed by atoms with E-state index in [2.05, 4.69) is 4.74 Å². The summed E-state index contributed by atoms with van der Waals surface area (Å²) in [4.78, 5) is 0. The lowest BCUT2D eigenvalue weighted by Gasteiger charge is -2.09. The first kappa shape index (κ1) is 10.7. The van der Waals surface area contributed by atoms with Crippen molar-refractivity contribution >= 4 is 0 Å². The van der Waals surface area contributed by atoms with E-state index in [0.29, 0.717) is 0 Å². The zero-order valence-electron chi connectivity index (χ0n) is 6.95. The maximum atomic E-state index is 12.8. The van der Waals surface area contributed by atoms with Gasteiger partial charge in [0.05, 0.1) is 12.7 Å². The molecular formula is C8H5F5O. The van der Waals surface area contributed by atoms with Crippen molar-refractivity contribution in [3.05, 3.63) is 29.3 Å². The van der Waals surface area contributed by atoms with E-state index in [4.69, 9.17) is 0 Å². The van der Waals surface area contributed by atoms with E-state index in [9.17, 15) is 22.0 Å². The second kappa shape index (κ2) is 3.43. The van der Waals surface area contributed by atoms with Crippen molar-refractivity contribution in [2.75, 3.05) is 7.11 Å². The zero-order chi connectivity index (χ0) is 10.9. The van der Waals surface area contributed by atoms with Crippen LogP contribution in [0.4, 0.5) is 22.0 Å². The Labute approximate surface area is 76.1 Å². The summed E-state index contributed by atoms with van der Waals surface area (Å²) in [5.41, 5.74) is -1.38. The van der Waals surface area contributed by atoms with Crippen LogP contribution in [0.15, 0.2) is 12.1 Å². The second-order valence-electron chi connectivity index (χ2n) is 2.47. The molecule has 0 aliphatic heterocycles. The Morgan fingerprint density at radius 2 is 1.50 bits per heavy atom. The minimum absolute atomic E-state index is 0.182. The van der Waals surface area contributed by atoms with Crippen molar-refractivity contribution in [3.8, 4) is 5.75 Å². The molecule has 0 aliphatic rings. The number of ether oxygens (including phenoxy) is 1. The third kappa shape index (κ3) is 1.94. The molecule has 0 saturated heterocycles. The maximum absolute atomic E-state index is 12.8. The molecule has 78 valence electrons. The molecule has 0 radical (unpaired) electrons. The van der Waals surface area contributed by atoms with Gasteiger partial charge in [-0.3, -0.25) is 0 Å². The van der Waals surface area contributed by atoms with E-state index < -0.39 is 29.1 Å². The molecule has 14 heavy (non-hydrogen) atoms. The molecule has 0 saturated carbocycles. The Kier molecular flexibility index (Phi) is 2.64. The first-order chi connectivity index (χ1) is 6.36. The zero-order valence-corrected chi connectivity index (χ0v) is 6.95. The summed E-state index contributed by atoms with van der Waals surface area (Å²) in [6, 6.07) is 0.365. The molecule has 0 aromatic heterocycles. The summed E-state index contributed by atoms with van der Waals surface area (Å²) in [5, 5.41) is 0. The van der Waals surface area contributed by atoms with Gasteiger partial charge in [-0.25, -0.2) is 8.78 Å². The lowest BCUT2D eigenvalue weighted by atomic mass is 10.2. The second-order valence-corrected chi connectivity index (χ2v) is 2.47. The highest BCUT2D eigenvalue weighted by atomic mass is 19.4. The van der Waals surface area contributed by atoms with Crippen molar-refractivity contribution in [1.82, 2.24) is 0 Å². The SMILES string of the molecule is COc1c(F)cc(C(F)(F)F)cc1F. The van der Waals surface area contributed by atoms with Gasteiger partial charge in [0.1, 0.15) is 0 Å². The maximum Gasteiger partial charge on any atom is 0.416 e. The molecule has 0 bridgehead atoms. The smallest absolute Gasteiger partial charge is 0.416 e. The van der Waals surface area contributed by atoms with E-state index in [1.165, 1.54) is 0 Å². The number of rotatable bonds is 1. The largest absolute Gasteiger partial charge is 0.491 e.